The minimum atomic E-state index is -0.498. The van der Waals surface area contributed by atoms with E-state index < -0.39 is 6.04 Å². The molecule has 3 nitrogen and oxygen atoms in total. The van der Waals surface area contributed by atoms with Crippen LogP contribution in [0.5, 0.6) is 0 Å². The molecule has 0 aliphatic heterocycles. The number of esters is 1. The topological polar surface area (TPSA) is 52.3 Å². The van der Waals surface area contributed by atoms with Gasteiger partial charge in [-0.25, -0.2) is 0 Å². The average Bonchev–Trinajstić information content (AvgIpc) is 2.34. The van der Waals surface area contributed by atoms with Crippen LogP contribution in [0.2, 0.25) is 0 Å². The molecule has 1 rings (SSSR count). The average molecular weight is 249 g/mol. The lowest BCUT2D eigenvalue weighted by molar-refractivity contribution is -0.142. The van der Waals surface area contributed by atoms with E-state index in [0.717, 1.165) is 12.8 Å². The van der Waals surface area contributed by atoms with Crippen LogP contribution < -0.4 is 5.73 Å². The number of methoxy groups -OCH3 is 1. The summed E-state index contributed by atoms with van der Waals surface area (Å²) in [6.45, 7) is 6.37. The third-order valence-electron chi connectivity index (χ3n) is 3.42. The standard InChI is InChI=1S/C15H23NO2/c1-10-8-12(3)13(9-11(10)2)6-5-7-14(16)15(17)18-4/h8-9,14H,5-7,16H2,1-4H3. The maximum absolute atomic E-state index is 11.2. The molecule has 1 atom stereocenters. The summed E-state index contributed by atoms with van der Waals surface area (Å²) >= 11 is 0. The van der Waals surface area contributed by atoms with E-state index in [2.05, 4.69) is 37.6 Å². The van der Waals surface area contributed by atoms with Gasteiger partial charge in [-0.3, -0.25) is 4.79 Å². The highest BCUT2D eigenvalue weighted by molar-refractivity contribution is 5.75. The summed E-state index contributed by atoms with van der Waals surface area (Å²) in [5, 5.41) is 0. The monoisotopic (exact) mass is 249 g/mol. The van der Waals surface area contributed by atoms with Gasteiger partial charge in [-0.05, 0) is 62.3 Å². The van der Waals surface area contributed by atoms with Crippen molar-refractivity contribution in [1.82, 2.24) is 0 Å². The van der Waals surface area contributed by atoms with E-state index in [1.165, 1.54) is 29.4 Å². The maximum atomic E-state index is 11.2. The zero-order valence-electron chi connectivity index (χ0n) is 11.7. The summed E-state index contributed by atoms with van der Waals surface area (Å²) in [5.41, 5.74) is 11.0. The van der Waals surface area contributed by atoms with Crippen LogP contribution in [-0.4, -0.2) is 19.1 Å². The molecule has 3 heteroatoms. The lowest BCUT2D eigenvalue weighted by Crippen LogP contribution is -2.31. The molecule has 1 aromatic carbocycles. The lowest BCUT2D eigenvalue weighted by Gasteiger charge is -2.12. The van der Waals surface area contributed by atoms with Gasteiger partial charge >= 0.3 is 5.97 Å². The van der Waals surface area contributed by atoms with Crippen LogP contribution in [0, 0.1) is 20.8 Å². The Morgan fingerprint density at radius 3 is 2.44 bits per heavy atom. The van der Waals surface area contributed by atoms with Crippen molar-refractivity contribution in [1.29, 1.82) is 0 Å². The van der Waals surface area contributed by atoms with Crippen molar-refractivity contribution in [3.63, 3.8) is 0 Å². The number of hydrogen-bond acceptors (Lipinski definition) is 3. The molecule has 0 saturated carbocycles. The minimum Gasteiger partial charge on any atom is -0.468 e. The highest BCUT2D eigenvalue weighted by Crippen LogP contribution is 2.17. The van der Waals surface area contributed by atoms with Crippen molar-refractivity contribution in [2.75, 3.05) is 7.11 Å². The number of rotatable bonds is 5. The maximum Gasteiger partial charge on any atom is 0.322 e. The van der Waals surface area contributed by atoms with E-state index in [0.29, 0.717) is 6.42 Å². The van der Waals surface area contributed by atoms with E-state index in [-0.39, 0.29) is 5.97 Å². The van der Waals surface area contributed by atoms with Crippen LogP contribution in [0.3, 0.4) is 0 Å². The Morgan fingerprint density at radius 1 is 1.22 bits per heavy atom. The predicted molar refractivity (Wildman–Crippen MR) is 73.6 cm³/mol. The van der Waals surface area contributed by atoms with Crippen molar-refractivity contribution in [2.24, 2.45) is 5.73 Å². The van der Waals surface area contributed by atoms with E-state index in [9.17, 15) is 4.79 Å². The van der Waals surface area contributed by atoms with Gasteiger partial charge in [0.1, 0.15) is 6.04 Å². The van der Waals surface area contributed by atoms with E-state index in [1.54, 1.807) is 0 Å². The van der Waals surface area contributed by atoms with Crippen LogP contribution >= 0.6 is 0 Å². The highest BCUT2D eigenvalue weighted by atomic mass is 16.5. The fourth-order valence-electron chi connectivity index (χ4n) is 2.07. The van der Waals surface area contributed by atoms with Crippen molar-refractivity contribution in [2.45, 2.75) is 46.1 Å². The Labute approximate surface area is 109 Å². The van der Waals surface area contributed by atoms with E-state index >= 15 is 0 Å². The van der Waals surface area contributed by atoms with E-state index in [4.69, 9.17) is 5.73 Å². The number of nitrogens with two attached hydrogens (primary N) is 1. The lowest BCUT2D eigenvalue weighted by atomic mass is 9.96. The Morgan fingerprint density at radius 2 is 1.83 bits per heavy atom. The first kappa shape index (κ1) is 14.7. The summed E-state index contributed by atoms with van der Waals surface area (Å²) in [7, 11) is 1.37. The Kier molecular flexibility index (Phi) is 5.35. The van der Waals surface area contributed by atoms with Crippen molar-refractivity contribution in [3.8, 4) is 0 Å². The van der Waals surface area contributed by atoms with Gasteiger partial charge in [0.2, 0.25) is 0 Å². The molecule has 2 N–H and O–H groups in total. The summed E-state index contributed by atoms with van der Waals surface area (Å²) in [6, 6.07) is 3.95. The van der Waals surface area contributed by atoms with Crippen LogP contribution in [0.25, 0.3) is 0 Å². The molecule has 0 fully saturated rings. The molecule has 100 valence electrons. The number of ether oxygens (including phenoxy) is 1. The predicted octanol–water partition coefficient (Wildman–Crippen LogP) is 2.43. The fraction of sp³-hybridized carbons (Fsp3) is 0.533. The molecule has 0 bridgehead atoms. The van der Waals surface area contributed by atoms with Crippen LogP contribution in [0.4, 0.5) is 0 Å². The molecule has 0 aromatic heterocycles. The molecular formula is C15H23NO2. The number of carbonyl (C=O) groups excluding carboxylic acids is 1. The largest absolute Gasteiger partial charge is 0.468 e. The van der Waals surface area contributed by atoms with Gasteiger partial charge in [-0.2, -0.15) is 0 Å². The van der Waals surface area contributed by atoms with Crippen LogP contribution in [0.15, 0.2) is 12.1 Å². The van der Waals surface area contributed by atoms with Gasteiger partial charge in [0.15, 0.2) is 0 Å². The quantitative estimate of drug-likeness (QED) is 0.815. The number of benzene rings is 1. The summed E-state index contributed by atoms with van der Waals surface area (Å²) in [4.78, 5) is 11.2. The molecule has 0 saturated heterocycles. The molecular weight excluding hydrogens is 226 g/mol. The van der Waals surface area contributed by atoms with Gasteiger partial charge in [0, 0.05) is 0 Å². The molecule has 0 amide bonds. The minimum absolute atomic E-state index is 0.327. The molecule has 18 heavy (non-hydrogen) atoms. The van der Waals surface area contributed by atoms with Crippen molar-refractivity contribution >= 4 is 5.97 Å². The molecule has 0 radical (unpaired) electrons. The SMILES string of the molecule is COC(=O)C(N)CCCc1cc(C)c(C)cc1C. The first-order chi connectivity index (χ1) is 8.45. The van der Waals surface area contributed by atoms with Gasteiger partial charge in [0.25, 0.3) is 0 Å². The van der Waals surface area contributed by atoms with Gasteiger partial charge in [0.05, 0.1) is 7.11 Å². The second kappa shape index (κ2) is 6.55. The zero-order chi connectivity index (χ0) is 13.7. The number of hydrogen-bond donors (Lipinski definition) is 1. The molecule has 0 spiro atoms. The number of aryl methyl sites for hydroxylation is 4. The summed E-state index contributed by atoms with van der Waals surface area (Å²) in [6.07, 6.45) is 2.52. The molecule has 0 aliphatic carbocycles. The second-order valence-corrected chi connectivity index (χ2v) is 4.88. The molecule has 0 aliphatic rings. The van der Waals surface area contributed by atoms with Gasteiger partial charge in [-0.1, -0.05) is 12.1 Å². The third kappa shape index (κ3) is 3.84. The smallest absolute Gasteiger partial charge is 0.322 e. The Bertz CT molecular complexity index is 427. The normalized spacial score (nSPS) is 12.3. The zero-order valence-corrected chi connectivity index (χ0v) is 11.7. The highest BCUT2D eigenvalue weighted by Gasteiger charge is 2.13. The second-order valence-electron chi connectivity index (χ2n) is 4.88. The van der Waals surface area contributed by atoms with Crippen molar-refractivity contribution in [3.05, 3.63) is 34.4 Å². The van der Waals surface area contributed by atoms with Crippen LogP contribution in [0.1, 0.15) is 35.1 Å². The first-order valence-corrected chi connectivity index (χ1v) is 6.36. The Hall–Kier alpha value is -1.35. The summed E-state index contributed by atoms with van der Waals surface area (Å²) in [5.74, 6) is -0.327. The van der Waals surface area contributed by atoms with Crippen LogP contribution in [-0.2, 0) is 16.0 Å². The first-order valence-electron chi connectivity index (χ1n) is 6.36. The molecule has 1 aromatic rings. The third-order valence-corrected chi connectivity index (χ3v) is 3.42. The van der Waals surface area contributed by atoms with E-state index in [1.807, 2.05) is 0 Å². The molecule has 1 unspecified atom stereocenters. The summed E-state index contributed by atoms with van der Waals surface area (Å²) < 4.78 is 4.61. The van der Waals surface area contributed by atoms with Crippen molar-refractivity contribution < 1.29 is 9.53 Å². The fourth-order valence-corrected chi connectivity index (χ4v) is 2.07. The van der Waals surface area contributed by atoms with Gasteiger partial charge in [-0.15, -0.1) is 0 Å². The Balaban J connectivity index is 2.54. The number of carbonyl (C=O) groups is 1. The molecule has 0 heterocycles. The van der Waals surface area contributed by atoms with Gasteiger partial charge < -0.3 is 10.5 Å².